The Labute approximate surface area is 73.4 Å². The molecule has 0 N–H and O–H groups in total. The molecular formula is C8H15FO2S. The standard InChI is InChI=1S/C8H15FO2S/c1-8(2,3)6-4-7(5-6)12(9,10)11/h6-7H,4-5H2,1-3H3. The molecule has 12 heavy (non-hydrogen) atoms. The molecule has 0 bridgehead atoms. The van der Waals surface area contributed by atoms with Crippen LogP contribution < -0.4 is 0 Å². The van der Waals surface area contributed by atoms with Crippen LogP contribution in [0.1, 0.15) is 33.6 Å². The Kier molecular flexibility index (Phi) is 2.23. The van der Waals surface area contributed by atoms with E-state index in [1.54, 1.807) is 0 Å². The maximum absolute atomic E-state index is 12.4. The molecule has 0 amide bonds. The molecule has 72 valence electrons. The summed E-state index contributed by atoms with van der Waals surface area (Å²) in [6.45, 7) is 6.16. The summed E-state index contributed by atoms with van der Waals surface area (Å²) in [7, 11) is -4.26. The van der Waals surface area contributed by atoms with E-state index in [4.69, 9.17) is 0 Å². The molecule has 0 unspecified atom stereocenters. The van der Waals surface area contributed by atoms with E-state index < -0.39 is 15.5 Å². The lowest BCUT2D eigenvalue weighted by Crippen LogP contribution is -2.40. The molecule has 0 aromatic carbocycles. The van der Waals surface area contributed by atoms with Gasteiger partial charge in [0.05, 0.1) is 5.25 Å². The van der Waals surface area contributed by atoms with E-state index in [1.807, 2.05) is 0 Å². The van der Waals surface area contributed by atoms with Crippen molar-refractivity contribution in [3.8, 4) is 0 Å². The van der Waals surface area contributed by atoms with Crippen molar-refractivity contribution in [3.63, 3.8) is 0 Å². The van der Waals surface area contributed by atoms with Crippen LogP contribution in [0.2, 0.25) is 0 Å². The monoisotopic (exact) mass is 194 g/mol. The third-order valence-electron chi connectivity index (χ3n) is 2.72. The van der Waals surface area contributed by atoms with Crippen molar-refractivity contribution >= 4 is 10.2 Å². The topological polar surface area (TPSA) is 34.1 Å². The molecule has 2 nitrogen and oxygen atoms in total. The fraction of sp³-hybridized carbons (Fsp3) is 1.00. The van der Waals surface area contributed by atoms with Crippen LogP contribution >= 0.6 is 0 Å². The zero-order valence-corrected chi connectivity index (χ0v) is 8.49. The second-order valence-electron chi connectivity index (χ2n) is 4.63. The van der Waals surface area contributed by atoms with Gasteiger partial charge in [-0.3, -0.25) is 0 Å². The molecule has 1 rings (SSSR count). The Balaban J connectivity index is 2.50. The van der Waals surface area contributed by atoms with Gasteiger partial charge >= 0.3 is 10.2 Å². The summed E-state index contributed by atoms with van der Waals surface area (Å²) in [4.78, 5) is 0. The average molecular weight is 194 g/mol. The van der Waals surface area contributed by atoms with Crippen molar-refractivity contribution in [1.29, 1.82) is 0 Å². The highest BCUT2D eigenvalue weighted by atomic mass is 32.3. The molecule has 0 atom stereocenters. The van der Waals surface area contributed by atoms with Crippen molar-refractivity contribution in [3.05, 3.63) is 0 Å². The first-order valence-corrected chi connectivity index (χ1v) is 5.59. The van der Waals surface area contributed by atoms with E-state index >= 15 is 0 Å². The number of rotatable bonds is 1. The Bertz CT molecular complexity index is 257. The first-order valence-electron chi connectivity index (χ1n) is 4.15. The quantitative estimate of drug-likeness (QED) is 0.599. The highest BCUT2D eigenvalue weighted by Gasteiger charge is 2.43. The zero-order valence-electron chi connectivity index (χ0n) is 7.67. The molecule has 0 radical (unpaired) electrons. The van der Waals surface area contributed by atoms with Gasteiger partial charge in [0.15, 0.2) is 0 Å². The lowest BCUT2D eigenvalue weighted by atomic mass is 9.68. The lowest BCUT2D eigenvalue weighted by Gasteiger charge is -2.41. The number of hydrogen-bond donors (Lipinski definition) is 0. The van der Waals surface area contributed by atoms with Gasteiger partial charge < -0.3 is 0 Å². The fourth-order valence-electron chi connectivity index (χ4n) is 1.50. The number of hydrogen-bond acceptors (Lipinski definition) is 2. The predicted molar refractivity (Wildman–Crippen MR) is 46.0 cm³/mol. The lowest BCUT2D eigenvalue weighted by molar-refractivity contribution is 0.142. The molecule has 1 fully saturated rings. The average Bonchev–Trinajstić information content (AvgIpc) is 1.46. The van der Waals surface area contributed by atoms with E-state index in [0.29, 0.717) is 18.8 Å². The predicted octanol–water partition coefficient (Wildman–Crippen LogP) is 2.11. The van der Waals surface area contributed by atoms with E-state index in [0.717, 1.165) is 0 Å². The molecule has 0 heterocycles. The van der Waals surface area contributed by atoms with Gasteiger partial charge in [0.2, 0.25) is 0 Å². The molecule has 0 aromatic heterocycles. The van der Waals surface area contributed by atoms with Crippen molar-refractivity contribution in [2.24, 2.45) is 11.3 Å². The third-order valence-corrected chi connectivity index (χ3v) is 3.90. The largest absolute Gasteiger partial charge is 0.305 e. The molecule has 0 aliphatic heterocycles. The van der Waals surface area contributed by atoms with Gasteiger partial charge in [-0.25, -0.2) is 0 Å². The van der Waals surface area contributed by atoms with Crippen LogP contribution in [-0.2, 0) is 10.2 Å². The van der Waals surface area contributed by atoms with Crippen LogP contribution in [0.5, 0.6) is 0 Å². The van der Waals surface area contributed by atoms with Crippen LogP contribution in [0.15, 0.2) is 0 Å². The summed E-state index contributed by atoms with van der Waals surface area (Å²) < 4.78 is 33.2. The zero-order chi connectivity index (χ0) is 9.57. The molecular weight excluding hydrogens is 179 g/mol. The highest BCUT2D eigenvalue weighted by molar-refractivity contribution is 7.87. The molecule has 4 heteroatoms. The van der Waals surface area contributed by atoms with Crippen molar-refractivity contribution in [2.75, 3.05) is 0 Å². The van der Waals surface area contributed by atoms with E-state index in [-0.39, 0.29) is 5.41 Å². The van der Waals surface area contributed by atoms with Crippen molar-refractivity contribution in [2.45, 2.75) is 38.9 Å². The summed E-state index contributed by atoms with van der Waals surface area (Å²) in [6.07, 6.45) is 0.977. The van der Waals surface area contributed by atoms with E-state index in [1.165, 1.54) is 0 Å². The SMILES string of the molecule is CC(C)(C)C1CC(S(=O)(=O)F)C1. The summed E-state index contributed by atoms with van der Waals surface area (Å²) in [5, 5.41) is -0.721. The van der Waals surface area contributed by atoms with Gasteiger partial charge in [-0.05, 0) is 24.2 Å². The fourth-order valence-corrected chi connectivity index (χ4v) is 2.43. The highest BCUT2D eigenvalue weighted by Crippen LogP contribution is 2.44. The number of halogens is 1. The molecule has 0 spiro atoms. The molecule has 1 aliphatic carbocycles. The third kappa shape index (κ3) is 1.97. The molecule has 0 saturated heterocycles. The van der Waals surface area contributed by atoms with Crippen LogP contribution in [0.3, 0.4) is 0 Å². The normalized spacial score (nSPS) is 31.3. The van der Waals surface area contributed by atoms with Gasteiger partial charge in [0, 0.05) is 0 Å². The summed E-state index contributed by atoms with van der Waals surface area (Å²) in [6, 6.07) is 0. The Morgan fingerprint density at radius 2 is 1.67 bits per heavy atom. The van der Waals surface area contributed by atoms with Crippen molar-refractivity contribution < 1.29 is 12.3 Å². The first-order chi connectivity index (χ1) is 5.21. The summed E-state index contributed by atoms with van der Waals surface area (Å²) >= 11 is 0. The Morgan fingerprint density at radius 3 is 1.92 bits per heavy atom. The van der Waals surface area contributed by atoms with Crippen LogP contribution in [0, 0.1) is 11.3 Å². The van der Waals surface area contributed by atoms with E-state index in [9.17, 15) is 12.3 Å². The summed E-state index contributed by atoms with van der Waals surface area (Å²) in [5.74, 6) is 0.355. The maximum atomic E-state index is 12.4. The molecule has 1 aliphatic rings. The molecule has 0 aromatic rings. The van der Waals surface area contributed by atoms with Gasteiger partial charge in [-0.1, -0.05) is 20.8 Å². The minimum absolute atomic E-state index is 0.112. The van der Waals surface area contributed by atoms with Crippen LogP contribution in [0.25, 0.3) is 0 Å². The second-order valence-corrected chi connectivity index (χ2v) is 6.25. The van der Waals surface area contributed by atoms with Gasteiger partial charge in [-0.15, -0.1) is 3.89 Å². The minimum atomic E-state index is -4.26. The van der Waals surface area contributed by atoms with Crippen LogP contribution in [-0.4, -0.2) is 13.7 Å². The van der Waals surface area contributed by atoms with Gasteiger partial charge in [-0.2, -0.15) is 8.42 Å². The smallest absolute Gasteiger partial charge is 0.195 e. The van der Waals surface area contributed by atoms with Crippen LogP contribution in [0.4, 0.5) is 3.89 Å². The Hall–Kier alpha value is -0.120. The maximum Gasteiger partial charge on any atom is 0.305 e. The molecule has 1 saturated carbocycles. The minimum Gasteiger partial charge on any atom is -0.195 e. The van der Waals surface area contributed by atoms with Crippen molar-refractivity contribution in [1.82, 2.24) is 0 Å². The van der Waals surface area contributed by atoms with E-state index in [2.05, 4.69) is 20.8 Å². The first kappa shape index (κ1) is 9.96. The van der Waals surface area contributed by atoms with Gasteiger partial charge in [0.1, 0.15) is 0 Å². The summed E-state index contributed by atoms with van der Waals surface area (Å²) in [5.41, 5.74) is 0.112. The Morgan fingerprint density at radius 1 is 1.25 bits per heavy atom. The van der Waals surface area contributed by atoms with Gasteiger partial charge in [0.25, 0.3) is 0 Å². The second kappa shape index (κ2) is 2.69.